The van der Waals surface area contributed by atoms with Crippen LogP contribution < -0.4 is 5.32 Å². The molecule has 1 aliphatic carbocycles. The molecule has 1 aliphatic rings. The van der Waals surface area contributed by atoms with Gasteiger partial charge in [-0.05, 0) is 38.7 Å². The number of amides is 1. The Morgan fingerprint density at radius 2 is 2.16 bits per heavy atom. The minimum atomic E-state index is -0.572. The number of ketones is 1. The Labute approximate surface area is 112 Å². The lowest BCUT2D eigenvalue weighted by Crippen LogP contribution is -2.51. The Balaban J connectivity index is 2.17. The summed E-state index contributed by atoms with van der Waals surface area (Å²) in [5, 5.41) is 12.4. The average Bonchev–Trinajstić information content (AvgIpc) is 3.12. The Morgan fingerprint density at radius 1 is 1.53 bits per heavy atom. The van der Waals surface area contributed by atoms with Crippen LogP contribution in [0.5, 0.6) is 0 Å². The Kier molecular flexibility index (Phi) is 3.49. The molecule has 1 atom stereocenters. The molecular formula is C14H20N2O3. The van der Waals surface area contributed by atoms with Crippen molar-refractivity contribution in [3.05, 3.63) is 23.5 Å². The summed E-state index contributed by atoms with van der Waals surface area (Å²) in [5.41, 5.74) is 0.382. The lowest BCUT2D eigenvalue weighted by molar-refractivity contribution is 0.0816. The van der Waals surface area contributed by atoms with Crippen LogP contribution in [0.3, 0.4) is 0 Å². The summed E-state index contributed by atoms with van der Waals surface area (Å²) in [6.45, 7) is 3.25. The van der Waals surface area contributed by atoms with Crippen LogP contribution in [0, 0.1) is 5.92 Å². The third-order valence-corrected chi connectivity index (χ3v) is 3.85. The van der Waals surface area contributed by atoms with Crippen molar-refractivity contribution in [3.8, 4) is 0 Å². The molecule has 2 rings (SSSR count). The van der Waals surface area contributed by atoms with Gasteiger partial charge < -0.3 is 15.0 Å². The molecule has 0 aliphatic heterocycles. The Bertz CT molecular complexity index is 517. The minimum absolute atomic E-state index is 0.0678. The molecular weight excluding hydrogens is 244 g/mol. The van der Waals surface area contributed by atoms with Crippen molar-refractivity contribution in [2.75, 3.05) is 6.61 Å². The van der Waals surface area contributed by atoms with Gasteiger partial charge in [-0.25, -0.2) is 0 Å². The zero-order chi connectivity index (χ0) is 14.2. The smallest absolute Gasteiger partial charge is 0.268 e. The number of aryl methyl sites for hydroxylation is 1. The van der Waals surface area contributed by atoms with Gasteiger partial charge in [0.05, 0.1) is 12.1 Å². The van der Waals surface area contributed by atoms with Gasteiger partial charge >= 0.3 is 0 Å². The summed E-state index contributed by atoms with van der Waals surface area (Å²) in [4.78, 5) is 23.6. The topological polar surface area (TPSA) is 71.3 Å². The van der Waals surface area contributed by atoms with Gasteiger partial charge in [-0.3, -0.25) is 9.59 Å². The van der Waals surface area contributed by atoms with Gasteiger partial charge in [0, 0.05) is 18.8 Å². The van der Waals surface area contributed by atoms with Crippen LogP contribution in [0.1, 0.15) is 47.5 Å². The van der Waals surface area contributed by atoms with Crippen molar-refractivity contribution < 1.29 is 14.7 Å². The maximum absolute atomic E-state index is 12.3. The summed E-state index contributed by atoms with van der Waals surface area (Å²) in [6, 6.07) is 1.59. The summed E-state index contributed by atoms with van der Waals surface area (Å²) >= 11 is 0. The molecule has 0 radical (unpaired) electrons. The average molecular weight is 264 g/mol. The lowest BCUT2D eigenvalue weighted by atomic mass is 9.97. The molecule has 1 saturated carbocycles. The fourth-order valence-corrected chi connectivity index (χ4v) is 2.30. The van der Waals surface area contributed by atoms with E-state index in [9.17, 15) is 14.7 Å². The molecule has 0 aromatic carbocycles. The van der Waals surface area contributed by atoms with Crippen molar-refractivity contribution in [1.82, 2.24) is 9.88 Å². The molecule has 1 unspecified atom stereocenters. The number of nitrogens with one attached hydrogen (secondary N) is 1. The number of nitrogens with zero attached hydrogens (tertiary/aromatic N) is 1. The van der Waals surface area contributed by atoms with Crippen LogP contribution in [0.25, 0.3) is 0 Å². The number of hydrogen-bond donors (Lipinski definition) is 2. The van der Waals surface area contributed by atoms with E-state index in [0.717, 1.165) is 12.8 Å². The van der Waals surface area contributed by atoms with Gasteiger partial charge in [-0.15, -0.1) is 0 Å². The second-order valence-electron chi connectivity index (χ2n) is 5.59. The first kappa shape index (κ1) is 13.8. The van der Waals surface area contributed by atoms with Gasteiger partial charge in [-0.2, -0.15) is 0 Å². The largest absolute Gasteiger partial charge is 0.394 e. The summed E-state index contributed by atoms with van der Waals surface area (Å²) in [7, 11) is 1.73. The third-order valence-electron chi connectivity index (χ3n) is 3.85. The maximum Gasteiger partial charge on any atom is 0.268 e. The molecule has 1 aromatic rings. The summed E-state index contributed by atoms with van der Waals surface area (Å²) in [5.74, 6) is 0.0224. The highest BCUT2D eigenvalue weighted by molar-refractivity contribution is 5.99. The minimum Gasteiger partial charge on any atom is -0.394 e. The second-order valence-corrected chi connectivity index (χ2v) is 5.59. The number of Topliss-reactive ketones (excluding diaryl/α,β-unsaturated/α-hetero) is 1. The normalized spacial score (nSPS) is 17.9. The number of rotatable bonds is 5. The number of carbonyl (C=O) groups excluding carboxylic acids is 2. The predicted octanol–water partition coefficient (Wildman–Crippen LogP) is 1.12. The van der Waals surface area contributed by atoms with E-state index in [2.05, 4.69) is 5.32 Å². The van der Waals surface area contributed by atoms with Gasteiger partial charge in [0.15, 0.2) is 5.78 Å². The van der Waals surface area contributed by atoms with Gasteiger partial charge in [0.2, 0.25) is 0 Å². The van der Waals surface area contributed by atoms with Gasteiger partial charge in [0.25, 0.3) is 5.91 Å². The third kappa shape index (κ3) is 2.71. The lowest BCUT2D eigenvalue weighted by Gasteiger charge is -2.28. The highest BCUT2D eigenvalue weighted by atomic mass is 16.3. The molecule has 0 bridgehead atoms. The predicted molar refractivity (Wildman–Crippen MR) is 71.1 cm³/mol. The number of hydrogen-bond acceptors (Lipinski definition) is 3. The van der Waals surface area contributed by atoms with Crippen molar-refractivity contribution in [3.63, 3.8) is 0 Å². The number of aliphatic hydroxyl groups is 1. The zero-order valence-electron chi connectivity index (χ0n) is 11.6. The molecule has 1 heterocycles. The van der Waals surface area contributed by atoms with Crippen LogP contribution in [0.15, 0.2) is 12.3 Å². The van der Waals surface area contributed by atoms with Crippen LogP contribution in [-0.2, 0) is 7.05 Å². The molecule has 0 spiro atoms. The van der Waals surface area contributed by atoms with E-state index in [1.54, 1.807) is 23.9 Å². The second kappa shape index (κ2) is 4.81. The first-order valence-electron chi connectivity index (χ1n) is 6.48. The fraction of sp³-hybridized carbons (Fsp3) is 0.571. The Hall–Kier alpha value is -1.62. The SMILES string of the molecule is CC(=O)c1cc(C(=O)NC(C)(CO)C2CC2)n(C)c1. The first-order valence-corrected chi connectivity index (χ1v) is 6.48. The fourth-order valence-electron chi connectivity index (χ4n) is 2.30. The van der Waals surface area contributed by atoms with Gasteiger partial charge in [0.1, 0.15) is 5.69 Å². The van der Waals surface area contributed by atoms with E-state index < -0.39 is 5.54 Å². The van der Waals surface area contributed by atoms with Crippen LogP contribution >= 0.6 is 0 Å². The van der Waals surface area contributed by atoms with E-state index in [1.807, 2.05) is 6.92 Å². The summed E-state index contributed by atoms with van der Waals surface area (Å²) < 4.78 is 1.64. The molecule has 1 fully saturated rings. The molecule has 0 saturated heterocycles. The molecule has 2 N–H and O–H groups in total. The molecule has 5 nitrogen and oxygen atoms in total. The highest BCUT2D eigenvalue weighted by Crippen LogP contribution is 2.39. The van der Waals surface area contributed by atoms with Crippen LogP contribution in [0.2, 0.25) is 0 Å². The quantitative estimate of drug-likeness (QED) is 0.783. The summed E-state index contributed by atoms with van der Waals surface area (Å²) in [6.07, 6.45) is 3.71. The van der Waals surface area contributed by atoms with E-state index in [-0.39, 0.29) is 18.3 Å². The Morgan fingerprint density at radius 3 is 2.58 bits per heavy atom. The molecule has 5 heteroatoms. The zero-order valence-corrected chi connectivity index (χ0v) is 11.6. The maximum atomic E-state index is 12.3. The first-order chi connectivity index (χ1) is 8.87. The van der Waals surface area contributed by atoms with E-state index in [0.29, 0.717) is 17.2 Å². The number of aliphatic hydroxyl groups excluding tert-OH is 1. The van der Waals surface area contributed by atoms with E-state index >= 15 is 0 Å². The van der Waals surface area contributed by atoms with Crippen LogP contribution in [-0.4, -0.2) is 33.5 Å². The van der Waals surface area contributed by atoms with E-state index in [4.69, 9.17) is 0 Å². The monoisotopic (exact) mass is 264 g/mol. The molecule has 1 amide bonds. The van der Waals surface area contributed by atoms with Gasteiger partial charge in [-0.1, -0.05) is 0 Å². The van der Waals surface area contributed by atoms with Crippen molar-refractivity contribution in [1.29, 1.82) is 0 Å². The molecule has 104 valence electrons. The molecule has 1 aromatic heterocycles. The van der Waals surface area contributed by atoms with Crippen molar-refractivity contribution in [2.24, 2.45) is 13.0 Å². The van der Waals surface area contributed by atoms with E-state index in [1.165, 1.54) is 6.92 Å². The standard InChI is InChI=1S/C14H20N2O3/c1-9(18)10-6-12(16(3)7-10)13(19)15-14(2,8-17)11-4-5-11/h6-7,11,17H,4-5,8H2,1-3H3,(H,15,19). The highest BCUT2D eigenvalue weighted by Gasteiger charge is 2.42. The van der Waals surface area contributed by atoms with Crippen molar-refractivity contribution >= 4 is 11.7 Å². The number of aromatic nitrogens is 1. The molecule has 19 heavy (non-hydrogen) atoms. The van der Waals surface area contributed by atoms with Crippen molar-refractivity contribution in [2.45, 2.75) is 32.2 Å². The van der Waals surface area contributed by atoms with Crippen LogP contribution in [0.4, 0.5) is 0 Å². The number of carbonyl (C=O) groups is 2.